The monoisotopic (exact) mass is 213 g/mol. The number of hydrogen-bond acceptors (Lipinski definition) is 3. The van der Waals surface area contributed by atoms with Crippen molar-refractivity contribution in [2.75, 3.05) is 13.7 Å². The number of carbonyl (C=O) groups is 2. The van der Waals surface area contributed by atoms with Gasteiger partial charge in [-0.1, -0.05) is 13.8 Å². The maximum Gasteiger partial charge on any atom is 0.331 e. The second-order valence-corrected chi connectivity index (χ2v) is 4.51. The van der Waals surface area contributed by atoms with Gasteiger partial charge in [0.15, 0.2) is 0 Å². The third-order valence-corrected chi connectivity index (χ3v) is 3.03. The van der Waals surface area contributed by atoms with E-state index in [2.05, 4.69) is 0 Å². The Labute approximate surface area is 90.6 Å². The summed E-state index contributed by atoms with van der Waals surface area (Å²) in [7, 11) is 1.37. The molecule has 0 saturated carbocycles. The highest BCUT2D eigenvalue weighted by atomic mass is 16.5. The van der Waals surface area contributed by atoms with Crippen molar-refractivity contribution in [2.24, 2.45) is 5.92 Å². The number of nitrogens with zero attached hydrogens (tertiary/aromatic N) is 1. The molecule has 0 aliphatic carbocycles. The number of rotatable bonds is 2. The van der Waals surface area contributed by atoms with Gasteiger partial charge in [-0.25, -0.2) is 4.79 Å². The summed E-state index contributed by atoms with van der Waals surface area (Å²) in [4.78, 5) is 25.2. The van der Waals surface area contributed by atoms with Crippen molar-refractivity contribution >= 4 is 11.9 Å². The van der Waals surface area contributed by atoms with E-state index in [4.69, 9.17) is 4.74 Å². The molecule has 1 aliphatic rings. The Morgan fingerprint density at radius 3 is 2.47 bits per heavy atom. The van der Waals surface area contributed by atoms with Crippen LogP contribution < -0.4 is 0 Å². The smallest absolute Gasteiger partial charge is 0.331 e. The van der Waals surface area contributed by atoms with E-state index in [-0.39, 0.29) is 17.8 Å². The number of hydrogen-bond donors (Lipinski definition) is 0. The van der Waals surface area contributed by atoms with Crippen molar-refractivity contribution in [3.8, 4) is 0 Å². The third-order valence-electron chi connectivity index (χ3n) is 3.03. The molecular weight excluding hydrogens is 194 g/mol. The fourth-order valence-corrected chi connectivity index (χ4v) is 2.06. The van der Waals surface area contributed by atoms with E-state index in [1.165, 1.54) is 7.11 Å². The van der Waals surface area contributed by atoms with Gasteiger partial charge >= 0.3 is 5.97 Å². The summed E-state index contributed by atoms with van der Waals surface area (Å²) in [5.41, 5.74) is -0.754. The van der Waals surface area contributed by atoms with Crippen molar-refractivity contribution in [1.82, 2.24) is 4.90 Å². The molecule has 0 spiro atoms. The van der Waals surface area contributed by atoms with Gasteiger partial charge < -0.3 is 9.64 Å². The fourth-order valence-electron chi connectivity index (χ4n) is 2.06. The average Bonchev–Trinajstić information content (AvgIpc) is 2.59. The fraction of sp³-hybridized carbons (Fsp3) is 0.818. The van der Waals surface area contributed by atoms with Crippen LogP contribution in [0.15, 0.2) is 0 Å². The van der Waals surface area contributed by atoms with E-state index in [0.717, 1.165) is 6.42 Å². The quantitative estimate of drug-likeness (QED) is 0.647. The van der Waals surface area contributed by atoms with Crippen molar-refractivity contribution in [3.05, 3.63) is 0 Å². The van der Waals surface area contributed by atoms with E-state index in [9.17, 15) is 9.59 Å². The van der Waals surface area contributed by atoms with Crippen LogP contribution in [0.5, 0.6) is 0 Å². The van der Waals surface area contributed by atoms with E-state index in [1.54, 1.807) is 11.8 Å². The number of likely N-dealkylation sites (tertiary alicyclic amines) is 1. The Morgan fingerprint density at radius 1 is 1.40 bits per heavy atom. The second-order valence-electron chi connectivity index (χ2n) is 4.51. The average molecular weight is 213 g/mol. The lowest BCUT2D eigenvalue weighted by Gasteiger charge is -2.33. The van der Waals surface area contributed by atoms with Crippen molar-refractivity contribution in [1.29, 1.82) is 0 Å². The summed E-state index contributed by atoms with van der Waals surface area (Å²) in [5, 5.41) is 0. The summed E-state index contributed by atoms with van der Waals surface area (Å²) in [6.45, 7) is 6.13. The Balaban J connectivity index is 2.89. The first kappa shape index (κ1) is 12.0. The number of methoxy groups -OCH3 is 1. The summed E-state index contributed by atoms with van der Waals surface area (Å²) >= 11 is 0. The van der Waals surface area contributed by atoms with Crippen LogP contribution >= 0.6 is 0 Å². The largest absolute Gasteiger partial charge is 0.467 e. The zero-order valence-corrected chi connectivity index (χ0v) is 9.87. The van der Waals surface area contributed by atoms with Gasteiger partial charge in [-0.3, -0.25) is 4.79 Å². The van der Waals surface area contributed by atoms with Crippen LogP contribution in [0.25, 0.3) is 0 Å². The lowest BCUT2D eigenvalue weighted by Crippen LogP contribution is -2.52. The molecule has 1 rings (SSSR count). The van der Waals surface area contributed by atoms with Gasteiger partial charge in [0.2, 0.25) is 5.91 Å². The molecule has 1 heterocycles. The van der Waals surface area contributed by atoms with Gasteiger partial charge in [-0.05, 0) is 19.8 Å². The predicted molar refractivity (Wildman–Crippen MR) is 56.2 cm³/mol. The van der Waals surface area contributed by atoms with E-state index in [0.29, 0.717) is 13.0 Å². The Bertz CT molecular complexity index is 275. The van der Waals surface area contributed by atoms with Crippen LogP contribution in [0.2, 0.25) is 0 Å². The maximum atomic E-state index is 11.9. The molecule has 4 nitrogen and oxygen atoms in total. The molecule has 0 aromatic carbocycles. The molecule has 1 fully saturated rings. The number of amides is 1. The van der Waals surface area contributed by atoms with Crippen LogP contribution in [-0.2, 0) is 14.3 Å². The number of carbonyl (C=O) groups excluding carboxylic acids is 2. The van der Waals surface area contributed by atoms with E-state index < -0.39 is 5.54 Å². The predicted octanol–water partition coefficient (Wildman–Crippen LogP) is 1.20. The van der Waals surface area contributed by atoms with Crippen molar-refractivity contribution < 1.29 is 14.3 Å². The summed E-state index contributed by atoms with van der Waals surface area (Å²) in [6, 6.07) is 0. The highest BCUT2D eigenvalue weighted by Crippen LogP contribution is 2.31. The molecule has 86 valence electrons. The third kappa shape index (κ3) is 1.98. The number of ether oxygens (including phenoxy) is 1. The van der Waals surface area contributed by atoms with Gasteiger partial charge in [0.25, 0.3) is 0 Å². The number of esters is 1. The Morgan fingerprint density at radius 2 is 2.00 bits per heavy atom. The molecule has 1 aliphatic heterocycles. The minimum absolute atomic E-state index is 0.0281. The summed E-state index contributed by atoms with van der Waals surface area (Å²) in [6.07, 6.45) is 1.56. The van der Waals surface area contributed by atoms with E-state index >= 15 is 0 Å². The molecule has 0 aromatic rings. The van der Waals surface area contributed by atoms with Gasteiger partial charge in [0, 0.05) is 12.5 Å². The van der Waals surface area contributed by atoms with Crippen LogP contribution in [0, 0.1) is 5.92 Å². The Kier molecular flexibility index (Phi) is 3.37. The summed E-state index contributed by atoms with van der Waals surface area (Å²) < 4.78 is 4.76. The molecule has 1 atom stereocenters. The minimum Gasteiger partial charge on any atom is -0.467 e. The lowest BCUT2D eigenvalue weighted by molar-refractivity contribution is -0.159. The molecule has 0 bridgehead atoms. The van der Waals surface area contributed by atoms with Gasteiger partial charge in [-0.2, -0.15) is 0 Å². The molecule has 0 N–H and O–H groups in total. The second kappa shape index (κ2) is 4.21. The van der Waals surface area contributed by atoms with Gasteiger partial charge in [-0.15, -0.1) is 0 Å². The molecule has 0 aromatic heterocycles. The first-order valence-corrected chi connectivity index (χ1v) is 5.33. The standard InChI is InChI=1S/C11H19NO3/c1-8(2)9(13)12-7-5-6-11(12,3)10(14)15-4/h8H,5-7H2,1-4H3/t11-/m0/s1. The molecule has 1 saturated heterocycles. The molecule has 0 unspecified atom stereocenters. The molecular formula is C11H19NO3. The van der Waals surface area contributed by atoms with Gasteiger partial charge in [0.05, 0.1) is 7.11 Å². The zero-order chi connectivity index (χ0) is 11.6. The molecule has 15 heavy (non-hydrogen) atoms. The van der Waals surface area contributed by atoms with Crippen molar-refractivity contribution in [3.63, 3.8) is 0 Å². The normalized spacial score (nSPS) is 25.8. The van der Waals surface area contributed by atoms with Crippen LogP contribution in [0.1, 0.15) is 33.6 Å². The zero-order valence-electron chi connectivity index (χ0n) is 9.87. The topological polar surface area (TPSA) is 46.6 Å². The first-order valence-electron chi connectivity index (χ1n) is 5.33. The first-order chi connectivity index (χ1) is 6.93. The maximum absolute atomic E-state index is 11.9. The highest BCUT2D eigenvalue weighted by molar-refractivity contribution is 5.89. The minimum atomic E-state index is -0.754. The van der Waals surface area contributed by atoms with Crippen LogP contribution in [0.4, 0.5) is 0 Å². The van der Waals surface area contributed by atoms with Crippen LogP contribution in [-0.4, -0.2) is 36.0 Å². The molecule has 1 amide bonds. The summed E-state index contributed by atoms with van der Waals surface area (Å²) in [5.74, 6) is -0.360. The highest BCUT2D eigenvalue weighted by Gasteiger charge is 2.46. The lowest BCUT2D eigenvalue weighted by atomic mass is 9.98. The molecule has 0 radical (unpaired) electrons. The molecule has 4 heteroatoms. The van der Waals surface area contributed by atoms with Gasteiger partial charge in [0.1, 0.15) is 5.54 Å². The SMILES string of the molecule is COC(=O)[C@]1(C)CCCN1C(=O)C(C)C. The van der Waals surface area contributed by atoms with Crippen LogP contribution in [0.3, 0.4) is 0 Å². The van der Waals surface area contributed by atoms with Crippen molar-refractivity contribution in [2.45, 2.75) is 39.2 Å². The Hall–Kier alpha value is -1.06. The van der Waals surface area contributed by atoms with E-state index in [1.807, 2.05) is 13.8 Å².